The van der Waals surface area contributed by atoms with Gasteiger partial charge in [-0.1, -0.05) is 18.2 Å². The molecule has 0 radical (unpaired) electrons. The summed E-state index contributed by atoms with van der Waals surface area (Å²) in [6.07, 6.45) is 1.16. The van der Waals surface area contributed by atoms with Crippen molar-refractivity contribution in [3.63, 3.8) is 0 Å². The van der Waals surface area contributed by atoms with Crippen molar-refractivity contribution < 1.29 is 4.39 Å². The Bertz CT molecular complexity index is 359. The van der Waals surface area contributed by atoms with Crippen LogP contribution in [0.1, 0.15) is 25.8 Å². The largest absolute Gasteiger partial charge is 0.315 e. The molecule has 1 aromatic rings. The van der Waals surface area contributed by atoms with Crippen LogP contribution in [-0.2, 0) is 6.54 Å². The van der Waals surface area contributed by atoms with Crippen molar-refractivity contribution in [1.82, 2.24) is 10.2 Å². The predicted molar refractivity (Wildman–Crippen MR) is 68.4 cm³/mol. The molecule has 1 unspecified atom stereocenters. The molecule has 0 saturated carbocycles. The topological polar surface area (TPSA) is 15.3 Å². The molecule has 94 valence electrons. The highest BCUT2D eigenvalue weighted by Gasteiger charge is 2.24. The Morgan fingerprint density at radius 1 is 1.41 bits per heavy atom. The molecular formula is C14H21FN2. The molecular weight excluding hydrogens is 215 g/mol. The Hall–Kier alpha value is -0.930. The van der Waals surface area contributed by atoms with Gasteiger partial charge >= 0.3 is 0 Å². The average molecular weight is 236 g/mol. The second-order valence-electron chi connectivity index (χ2n) is 5.00. The number of hydrogen-bond acceptors (Lipinski definition) is 2. The van der Waals surface area contributed by atoms with E-state index in [0.29, 0.717) is 18.6 Å². The van der Waals surface area contributed by atoms with Crippen LogP contribution < -0.4 is 5.32 Å². The van der Waals surface area contributed by atoms with Gasteiger partial charge in [-0.25, -0.2) is 4.39 Å². The van der Waals surface area contributed by atoms with Crippen LogP contribution in [-0.4, -0.2) is 30.1 Å². The average Bonchev–Trinajstić information content (AvgIpc) is 2.81. The summed E-state index contributed by atoms with van der Waals surface area (Å²) in [6.45, 7) is 7.16. The highest BCUT2D eigenvalue weighted by molar-refractivity contribution is 5.17. The summed E-state index contributed by atoms with van der Waals surface area (Å²) in [5, 5.41) is 3.37. The van der Waals surface area contributed by atoms with Crippen LogP contribution in [0.2, 0.25) is 0 Å². The highest BCUT2D eigenvalue weighted by atomic mass is 19.1. The Balaban J connectivity index is 2.10. The molecule has 1 aromatic carbocycles. The van der Waals surface area contributed by atoms with Crippen molar-refractivity contribution >= 4 is 0 Å². The maximum atomic E-state index is 13.7. The van der Waals surface area contributed by atoms with Gasteiger partial charge in [-0.2, -0.15) is 0 Å². The molecule has 0 aliphatic carbocycles. The van der Waals surface area contributed by atoms with E-state index in [0.717, 1.165) is 25.1 Å². The van der Waals surface area contributed by atoms with Crippen LogP contribution in [0.25, 0.3) is 0 Å². The van der Waals surface area contributed by atoms with Crippen molar-refractivity contribution in [2.45, 2.75) is 38.9 Å². The molecule has 0 spiro atoms. The molecule has 1 aliphatic heterocycles. The van der Waals surface area contributed by atoms with Gasteiger partial charge in [0.2, 0.25) is 0 Å². The van der Waals surface area contributed by atoms with E-state index in [2.05, 4.69) is 24.1 Å². The molecule has 2 rings (SSSR count). The smallest absolute Gasteiger partial charge is 0.127 e. The summed E-state index contributed by atoms with van der Waals surface area (Å²) in [5.41, 5.74) is 0.799. The Morgan fingerprint density at radius 3 is 2.76 bits per heavy atom. The molecule has 3 heteroatoms. The SMILES string of the molecule is CC(C)N(Cc1ccccc1F)C1CCNC1. The molecule has 17 heavy (non-hydrogen) atoms. The van der Waals surface area contributed by atoms with E-state index >= 15 is 0 Å². The quantitative estimate of drug-likeness (QED) is 0.863. The summed E-state index contributed by atoms with van der Waals surface area (Å²) >= 11 is 0. The third-order valence-electron chi connectivity index (χ3n) is 3.48. The van der Waals surface area contributed by atoms with Crippen LogP contribution in [0.15, 0.2) is 24.3 Å². The molecule has 0 amide bonds. The third-order valence-corrected chi connectivity index (χ3v) is 3.48. The van der Waals surface area contributed by atoms with Gasteiger partial charge < -0.3 is 5.32 Å². The zero-order valence-corrected chi connectivity index (χ0v) is 10.6. The van der Waals surface area contributed by atoms with Crippen LogP contribution in [0.4, 0.5) is 4.39 Å². The van der Waals surface area contributed by atoms with Crippen molar-refractivity contribution in [2.75, 3.05) is 13.1 Å². The normalized spacial score (nSPS) is 20.4. The van der Waals surface area contributed by atoms with Gasteiger partial charge in [-0.3, -0.25) is 4.90 Å². The van der Waals surface area contributed by atoms with Gasteiger partial charge in [-0.05, 0) is 32.9 Å². The standard InChI is InChI=1S/C14H21FN2/c1-11(2)17(13-7-8-16-9-13)10-12-5-3-4-6-14(12)15/h3-6,11,13,16H,7-10H2,1-2H3. The molecule has 1 fully saturated rings. The number of nitrogens with one attached hydrogen (secondary N) is 1. The predicted octanol–water partition coefficient (Wildman–Crippen LogP) is 2.40. The summed E-state index contributed by atoms with van der Waals surface area (Å²) in [4.78, 5) is 2.39. The maximum absolute atomic E-state index is 13.7. The zero-order valence-electron chi connectivity index (χ0n) is 10.6. The lowest BCUT2D eigenvalue weighted by atomic mass is 10.1. The maximum Gasteiger partial charge on any atom is 0.127 e. The van der Waals surface area contributed by atoms with E-state index in [4.69, 9.17) is 0 Å². The molecule has 1 aliphatic rings. The number of rotatable bonds is 4. The first-order valence-corrected chi connectivity index (χ1v) is 6.38. The fourth-order valence-corrected chi connectivity index (χ4v) is 2.48. The monoisotopic (exact) mass is 236 g/mol. The van der Waals surface area contributed by atoms with Gasteiger partial charge in [0, 0.05) is 30.7 Å². The molecule has 1 saturated heterocycles. The van der Waals surface area contributed by atoms with E-state index < -0.39 is 0 Å². The van der Waals surface area contributed by atoms with Crippen LogP contribution in [0, 0.1) is 5.82 Å². The van der Waals surface area contributed by atoms with Gasteiger partial charge in [-0.15, -0.1) is 0 Å². The summed E-state index contributed by atoms with van der Waals surface area (Å²) in [5.74, 6) is -0.0934. The fraction of sp³-hybridized carbons (Fsp3) is 0.571. The molecule has 2 nitrogen and oxygen atoms in total. The van der Waals surface area contributed by atoms with E-state index in [1.165, 1.54) is 0 Å². The third kappa shape index (κ3) is 3.05. The summed E-state index contributed by atoms with van der Waals surface area (Å²) < 4.78 is 13.7. The number of nitrogens with zero attached hydrogens (tertiary/aromatic N) is 1. The summed E-state index contributed by atoms with van der Waals surface area (Å²) in [7, 11) is 0. The minimum Gasteiger partial charge on any atom is -0.315 e. The van der Waals surface area contributed by atoms with Crippen molar-refractivity contribution in [3.8, 4) is 0 Å². The van der Waals surface area contributed by atoms with Crippen LogP contribution in [0.5, 0.6) is 0 Å². The van der Waals surface area contributed by atoms with Gasteiger partial charge in [0.25, 0.3) is 0 Å². The molecule has 1 atom stereocenters. The number of halogens is 1. The van der Waals surface area contributed by atoms with E-state index in [1.54, 1.807) is 12.1 Å². The second kappa shape index (κ2) is 5.61. The zero-order chi connectivity index (χ0) is 12.3. The first kappa shape index (κ1) is 12.5. The van der Waals surface area contributed by atoms with Crippen LogP contribution in [0.3, 0.4) is 0 Å². The molecule has 0 bridgehead atoms. The van der Waals surface area contributed by atoms with Crippen molar-refractivity contribution in [3.05, 3.63) is 35.6 Å². The lowest BCUT2D eigenvalue weighted by molar-refractivity contribution is 0.152. The van der Waals surface area contributed by atoms with E-state index in [9.17, 15) is 4.39 Å². The van der Waals surface area contributed by atoms with Crippen LogP contribution >= 0.6 is 0 Å². The second-order valence-corrected chi connectivity index (χ2v) is 5.00. The van der Waals surface area contributed by atoms with Gasteiger partial charge in [0.1, 0.15) is 5.82 Å². The van der Waals surface area contributed by atoms with Gasteiger partial charge in [0.15, 0.2) is 0 Å². The Labute approximate surface area is 103 Å². The van der Waals surface area contributed by atoms with E-state index in [1.807, 2.05) is 12.1 Å². The number of benzene rings is 1. The van der Waals surface area contributed by atoms with Gasteiger partial charge in [0.05, 0.1) is 0 Å². The highest BCUT2D eigenvalue weighted by Crippen LogP contribution is 2.18. The Kier molecular flexibility index (Phi) is 4.13. The van der Waals surface area contributed by atoms with E-state index in [-0.39, 0.29) is 5.82 Å². The lowest BCUT2D eigenvalue weighted by Gasteiger charge is -2.32. The Morgan fingerprint density at radius 2 is 2.18 bits per heavy atom. The molecule has 1 N–H and O–H groups in total. The number of hydrogen-bond donors (Lipinski definition) is 1. The lowest BCUT2D eigenvalue weighted by Crippen LogP contribution is -2.41. The minimum atomic E-state index is -0.0934. The minimum absolute atomic E-state index is 0.0934. The van der Waals surface area contributed by atoms with Crippen molar-refractivity contribution in [1.29, 1.82) is 0 Å². The fourth-order valence-electron chi connectivity index (χ4n) is 2.48. The molecule has 0 aromatic heterocycles. The molecule has 1 heterocycles. The van der Waals surface area contributed by atoms with Crippen molar-refractivity contribution in [2.24, 2.45) is 0 Å². The first-order valence-electron chi connectivity index (χ1n) is 6.38. The first-order chi connectivity index (χ1) is 8.18. The summed E-state index contributed by atoms with van der Waals surface area (Å²) in [6, 6.07) is 8.06.